The standard InChI is InChI=1S/C14H17NO/c16-14(13-9-5-2-6-10-13)15-11-12-7-3-1-4-8-12/h1-5,7-8,13H,6,9-11H2,(H,15,16)/t13-/m0/s1. The van der Waals surface area contributed by atoms with Gasteiger partial charge in [-0.25, -0.2) is 0 Å². The molecule has 1 aliphatic rings. The third-order valence-corrected chi connectivity index (χ3v) is 2.95. The Morgan fingerprint density at radius 1 is 1.25 bits per heavy atom. The molecule has 1 N–H and O–H groups in total. The quantitative estimate of drug-likeness (QED) is 0.772. The second-order valence-corrected chi connectivity index (χ2v) is 4.18. The minimum absolute atomic E-state index is 0.175. The number of hydrogen-bond donors (Lipinski definition) is 1. The number of allylic oxidation sites excluding steroid dienone is 2. The summed E-state index contributed by atoms with van der Waals surface area (Å²) in [6.45, 7) is 0.639. The Hall–Kier alpha value is -1.57. The summed E-state index contributed by atoms with van der Waals surface area (Å²) >= 11 is 0. The first-order valence-electron chi connectivity index (χ1n) is 5.83. The van der Waals surface area contributed by atoms with Gasteiger partial charge in [-0.2, -0.15) is 0 Å². The fourth-order valence-corrected chi connectivity index (χ4v) is 1.96. The van der Waals surface area contributed by atoms with Crippen molar-refractivity contribution in [1.82, 2.24) is 5.32 Å². The van der Waals surface area contributed by atoms with E-state index in [1.165, 1.54) is 0 Å². The third kappa shape index (κ3) is 2.96. The van der Waals surface area contributed by atoms with Crippen molar-refractivity contribution in [2.45, 2.75) is 25.8 Å². The van der Waals surface area contributed by atoms with Crippen molar-refractivity contribution in [3.63, 3.8) is 0 Å². The second kappa shape index (κ2) is 5.50. The fourth-order valence-electron chi connectivity index (χ4n) is 1.96. The Balaban J connectivity index is 1.82. The molecule has 2 heteroatoms. The number of hydrogen-bond acceptors (Lipinski definition) is 1. The van der Waals surface area contributed by atoms with E-state index in [1.807, 2.05) is 30.3 Å². The second-order valence-electron chi connectivity index (χ2n) is 4.18. The largest absolute Gasteiger partial charge is 0.352 e. The van der Waals surface area contributed by atoms with E-state index >= 15 is 0 Å². The van der Waals surface area contributed by atoms with E-state index in [0.717, 1.165) is 24.8 Å². The predicted octanol–water partition coefficient (Wildman–Crippen LogP) is 2.66. The smallest absolute Gasteiger partial charge is 0.223 e. The van der Waals surface area contributed by atoms with Crippen LogP contribution in [0.1, 0.15) is 24.8 Å². The van der Waals surface area contributed by atoms with Gasteiger partial charge in [0, 0.05) is 12.5 Å². The van der Waals surface area contributed by atoms with Gasteiger partial charge >= 0.3 is 0 Å². The number of amides is 1. The summed E-state index contributed by atoms with van der Waals surface area (Å²) < 4.78 is 0. The minimum Gasteiger partial charge on any atom is -0.352 e. The first kappa shape index (κ1) is 10.9. The molecule has 0 radical (unpaired) electrons. The van der Waals surface area contributed by atoms with Gasteiger partial charge in [0.2, 0.25) is 5.91 Å². The molecule has 0 fully saturated rings. The van der Waals surface area contributed by atoms with Crippen LogP contribution in [0.15, 0.2) is 42.5 Å². The molecular formula is C14H17NO. The molecule has 0 aromatic heterocycles. The van der Waals surface area contributed by atoms with Crippen LogP contribution < -0.4 is 5.32 Å². The Morgan fingerprint density at radius 3 is 2.75 bits per heavy atom. The summed E-state index contributed by atoms with van der Waals surface area (Å²) in [5, 5.41) is 3.00. The van der Waals surface area contributed by atoms with E-state index in [2.05, 4.69) is 17.5 Å². The van der Waals surface area contributed by atoms with E-state index < -0.39 is 0 Å². The molecule has 0 saturated heterocycles. The summed E-state index contributed by atoms with van der Waals surface area (Å²) in [4.78, 5) is 11.8. The average Bonchev–Trinajstić information content (AvgIpc) is 2.38. The molecule has 16 heavy (non-hydrogen) atoms. The van der Waals surface area contributed by atoms with Crippen LogP contribution in [0.4, 0.5) is 0 Å². The molecule has 0 unspecified atom stereocenters. The molecule has 84 valence electrons. The zero-order valence-corrected chi connectivity index (χ0v) is 9.36. The van der Waals surface area contributed by atoms with Crippen LogP contribution in [0.2, 0.25) is 0 Å². The monoisotopic (exact) mass is 215 g/mol. The Kier molecular flexibility index (Phi) is 3.76. The molecule has 1 aromatic rings. The van der Waals surface area contributed by atoms with E-state index in [-0.39, 0.29) is 11.8 Å². The summed E-state index contributed by atoms with van der Waals surface area (Å²) in [5.41, 5.74) is 1.15. The van der Waals surface area contributed by atoms with E-state index in [0.29, 0.717) is 6.54 Å². The van der Waals surface area contributed by atoms with Crippen molar-refractivity contribution in [3.05, 3.63) is 48.0 Å². The number of rotatable bonds is 3. The first-order chi connectivity index (χ1) is 7.86. The van der Waals surface area contributed by atoms with Crippen LogP contribution >= 0.6 is 0 Å². The van der Waals surface area contributed by atoms with Gasteiger partial charge in [0.25, 0.3) is 0 Å². The average molecular weight is 215 g/mol. The summed E-state index contributed by atoms with van der Waals surface area (Å²) in [6.07, 6.45) is 7.17. The molecule has 0 bridgehead atoms. The van der Waals surface area contributed by atoms with Gasteiger partial charge in [-0.1, -0.05) is 42.5 Å². The highest BCUT2D eigenvalue weighted by Crippen LogP contribution is 2.18. The normalized spacial score (nSPS) is 19.4. The lowest BCUT2D eigenvalue weighted by atomic mass is 9.93. The van der Waals surface area contributed by atoms with Gasteiger partial charge in [-0.05, 0) is 24.8 Å². The zero-order chi connectivity index (χ0) is 11.2. The highest BCUT2D eigenvalue weighted by Gasteiger charge is 2.17. The van der Waals surface area contributed by atoms with Gasteiger partial charge in [0.15, 0.2) is 0 Å². The van der Waals surface area contributed by atoms with Crippen molar-refractivity contribution < 1.29 is 4.79 Å². The lowest BCUT2D eigenvalue weighted by Crippen LogP contribution is -2.30. The SMILES string of the molecule is O=C(NCc1ccccc1)[C@H]1CC=CCC1. The highest BCUT2D eigenvalue weighted by molar-refractivity contribution is 5.78. The predicted molar refractivity (Wildman–Crippen MR) is 64.8 cm³/mol. The Labute approximate surface area is 96.4 Å². The molecule has 0 spiro atoms. The van der Waals surface area contributed by atoms with Gasteiger partial charge in [0.05, 0.1) is 0 Å². The lowest BCUT2D eigenvalue weighted by molar-refractivity contribution is -0.125. The van der Waals surface area contributed by atoms with Crippen LogP contribution in [0, 0.1) is 5.92 Å². The minimum atomic E-state index is 0.175. The zero-order valence-electron chi connectivity index (χ0n) is 9.36. The molecule has 2 nitrogen and oxygen atoms in total. The molecular weight excluding hydrogens is 198 g/mol. The summed E-state index contributed by atoms with van der Waals surface area (Å²) in [5.74, 6) is 0.363. The molecule has 1 aromatic carbocycles. The van der Waals surface area contributed by atoms with Gasteiger partial charge in [0.1, 0.15) is 0 Å². The topological polar surface area (TPSA) is 29.1 Å². The molecule has 0 heterocycles. The van der Waals surface area contributed by atoms with Crippen molar-refractivity contribution >= 4 is 5.91 Å². The van der Waals surface area contributed by atoms with Crippen LogP contribution in [-0.2, 0) is 11.3 Å². The number of carbonyl (C=O) groups is 1. The van der Waals surface area contributed by atoms with Crippen LogP contribution in [-0.4, -0.2) is 5.91 Å². The van der Waals surface area contributed by atoms with Crippen molar-refractivity contribution in [2.75, 3.05) is 0 Å². The first-order valence-corrected chi connectivity index (χ1v) is 5.83. The third-order valence-electron chi connectivity index (χ3n) is 2.95. The molecule has 1 atom stereocenters. The maximum absolute atomic E-state index is 11.8. The van der Waals surface area contributed by atoms with Crippen LogP contribution in [0.5, 0.6) is 0 Å². The van der Waals surface area contributed by atoms with Crippen molar-refractivity contribution in [1.29, 1.82) is 0 Å². The maximum Gasteiger partial charge on any atom is 0.223 e. The summed E-state index contributed by atoms with van der Waals surface area (Å²) in [6, 6.07) is 10.0. The maximum atomic E-state index is 11.8. The number of nitrogens with one attached hydrogen (secondary N) is 1. The molecule has 0 aliphatic heterocycles. The fraction of sp³-hybridized carbons (Fsp3) is 0.357. The van der Waals surface area contributed by atoms with Gasteiger partial charge in [-0.15, -0.1) is 0 Å². The highest BCUT2D eigenvalue weighted by atomic mass is 16.1. The molecule has 2 rings (SSSR count). The lowest BCUT2D eigenvalue weighted by Gasteiger charge is -2.17. The van der Waals surface area contributed by atoms with Crippen LogP contribution in [0.25, 0.3) is 0 Å². The van der Waals surface area contributed by atoms with Crippen LogP contribution in [0.3, 0.4) is 0 Å². The number of carbonyl (C=O) groups excluding carboxylic acids is 1. The Bertz CT molecular complexity index is 370. The van der Waals surface area contributed by atoms with E-state index in [9.17, 15) is 4.79 Å². The summed E-state index contributed by atoms with van der Waals surface area (Å²) in [7, 11) is 0. The van der Waals surface area contributed by atoms with E-state index in [1.54, 1.807) is 0 Å². The van der Waals surface area contributed by atoms with Crippen molar-refractivity contribution in [3.8, 4) is 0 Å². The Morgan fingerprint density at radius 2 is 2.06 bits per heavy atom. The van der Waals surface area contributed by atoms with Crippen molar-refractivity contribution in [2.24, 2.45) is 5.92 Å². The molecule has 0 saturated carbocycles. The molecule has 1 amide bonds. The van der Waals surface area contributed by atoms with Gasteiger partial charge in [-0.3, -0.25) is 4.79 Å². The molecule has 1 aliphatic carbocycles. The number of benzene rings is 1. The van der Waals surface area contributed by atoms with Gasteiger partial charge < -0.3 is 5.32 Å². The van der Waals surface area contributed by atoms with E-state index in [4.69, 9.17) is 0 Å².